The van der Waals surface area contributed by atoms with E-state index in [2.05, 4.69) is 22.2 Å². The predicted molar refractivity (Wildman–Crippen MR) is 55.9 cm³/mol. The molecule has 3 nitrogen and oxygen atoms in total. The molecular weight excluding hydrogens is 182 g/mol. The molecule has 4 heteroatoms. The van der Waals surface area contributed by atoms with E-state index in [1.54, 1.807) is 30.4 Å². The van der Waals surface area contributed by atoms with E-state index in [1.807, 2.05) is 0 Å². The average Bonchev–Trinajstić information content (AvgIpc) is 2.19. The zero-order chi connectivity index (χ0) is 9.36. The second-order valence-electron chi connectivity index (χ2n) is 2.60. The molecule has 0 fully saturated rings. The molecule has 0 spiro atoms. The third kappa shape index (κ3) is 4.85. The molecular formula is C9H15N3S. The van der Waals surface area contributed by atoms with Gasteiger partial charge in [-0.2, -0.15) is 0 Å². The molecule has 0 bridgehead atoms. The van der Waals surface area contributed by atoms with E-state index in [-0.39, 0.29) is 0 Å². The summed E-state index contributed by atoms with van der Waals surface area (Å²) < 4.78 is 0. The van der Waals surface area contributed by atoms with Crippen molar-refractivity contribution in [1.29, 1.82) is 0 Å². The van der Waals surface area contributed by atoms with E-state index in [0.29, 0.717) is 0 Å². The van der Waals surface area contributed by atoms with Crippen LogP contribution in [0.15, 0.2) is 23.6 Å². The Morgan fingerprint density at radius 3 is 3.08 bits per heavy atom. The van der Waals surface area contributed by atoms with Crippen molar-refractivity contribution in [2.24, 2.45) is 0 Å². The lowest BCUT2D eigenvalue weighted by Gasteiger charge is -2.00. The van der Waals surface area contributed by atoms with Crippen molar-refractivity contribution < 1.29 is 0 Å². The van der Waals surface area contributed by atoms with Crippen LogP contribution in [-0.2, 0) is 0 Å². The Hall–Kier alpha value is -0.610. The normalized spacial score (nSPS) is 10.2. The molecule has 0 aromatic carbocycles. The molecule has 1 heterocycles. The van der Waals surface area contributed by atoms with Crippen LogP contribution in [-0.4, -0.2) is 28.8 Å². The fourth-order valence-electron chi connectivity index (χ4n) is 0.911. The van der Waals surface area contributed by atoms with Gasteiger partial charge in [-0.05, 0) is 19.5 Å². The van der Waals surface area contributed by atoms with Gasteiger partial charge >= 0.3 is 0 Å². The fraction of sp³-hybridized carbons (Fsp3) is 0.556. The van der Waals surface area contributed by atoms with Crippen LogP contribution in [0.3, 0.4) is 0 Å². The highest BCUT2D eigenvalue weighted by Crippen LogP contribution is 2.13. The monoisotopic (exact) mass is 197 g/mol. The summed E-state index contributed by atoms with van der Waals surface area (Å²) >= 11 is 1.76. The van der Waals surface area contributed by atoms with Gasteiger partial charge in [-0.15, -0.1) is 11.8 Å². The van der Waals surface area contributed by atoms with Crippen molar-refractivity contribution in [2.75, 3.05) is 18.8 Å². The molecule has 0 saturated heterocycles. The first-order valence-electron chi connectivity index (χ1n) is 4.53. The highest BCUT2D eigenvalue weighted by atomic mass is 32.2. The van der Waals surface area contributed by atoms with E-state index in [9.17, 15) is 0 Å². The molecule has 1 aromatic heterocycles. The lowest BCUT2D eigenvalue weighted by atomic mass is 10.5. The molecule has 0 aliphatic heterocycles. The van der Waals surface area contributed by atoms with Crippen molar-refractivity contribution in [3.05, 3.63) is 18.6 Å². The standard InChI is InChI=1S/C9H15N3S/c1-2-10-4-3-7-13-9-8-11-5-6-12-9/h5-6,8,10H,2-4,7H2,1H3. The molecule has 0 radical (unpaired) electrons. The Balaban J connectivity index is 2.07. The molecule has 1 rings (SSSR count). The minimum Gasteiger partial charge on any atom is -0.317 e. The SMILES string of the molecule is CCNCCCSc1cnccn1. The van der Waals surface area contributed by atoms with Crippen LogP contribution < -0.4 is 5.32 Å². The minimum atomic E-state index is 1.01. The zero-order valence-corrected chi connectivity index (χ0v) is 8.68. The number of hydrogen-bond donors (Lipinski definition) is 1. The summed E-state index contributed by atoms with van der Waals surface area (Å²) in [6.07, 6.45) is 6.41. The number of nitrogens with zero attached hydrogens (tertiary/aromatic N) is 2. The quantitative estimate of drug-likeness (QED) is 0.555. The van der Waals surface area contributed by atoms with Gasteiger partial charge in [0.2, 0.25) is 0 Å². The summed E-state index contributed by atoms with van der Waals surface area (Å²) in [5.41, 5.74) is 0. The number of nitrogens with one attached hydrogen (secondary N) is 1. The van der Waals surface area contributed by atoms with Crippen molar-refractivity contribution >= 4 is 11.8 Å². The highest BCUT2D eigenvalue weighted by Gasteiger charge is 1.93. The second kappa shape index (κ2) is 6.86. The zero-order valence-electron chi connectivity index (χ0n) is 7.86. The number of thioether (sulfide) groups is 1. The smallest absolute Gasteiger partial charge is 0.114 e. The summed E-state index contributed by atoms with van der Waals surface area (Å²) in [6, 6.07) is 0. The first-order valence-corrected chi connectivity index (χ1v) is 5.51. The van der Waals surface area contributed by atoms with Crippen molar-refractivity contribution in [3.8, 4) is 0 Å². The number of rotatable bonds is 6. The highest BCUT2D eigenvalue weighted by molar-refractivity contribution is 7.99. The van der Waals surface area contributed by atoms with Crippen molar-refractivity contribution in [1.82, 2.24) is 15.3 Å². The Kier molecular flexibility index (Phi) is 5.52. The molecule has 13 heavy (non-hydrogen) atoms. The van der Waals surface area contributed by atoms with Gasteiger partial charge in [0, 0.05) is 18.1 Å². The second-order valence-corrected chi connectivity index (χ2v) is 3.71. The van der Waals surface area contributed by atoms with Gasteiger partial charge in [0.05, 0.1) is 6.20 Å². The third-order valence-corrected chi connectivity index (χ3v) is 2.54. The topological polar surface area (TPSA) is 37.8 Å². The fourth-order valence-corrected chi connectivity index (χ4v) is 1.68. The van der Waals surface area contributed by atoms with Gasteiger partial charge < -0.3 is 5.32 Å². The van der Waals surface area contributed by atoms with E-state index in [0.717, 1.165) is 23.9 Å². The molecule has 0 unspecified atom stereocenters. The molecule has 0 saturated carbocycles. The van der Waals surface area contributed by atoms with Gasteiger partial charge in [0.15, 0.2) is 0 Å². The molecule has 0 aliphatic rings. The van der Waals surface area contributed by atoms with Gasteiger partial charge in [0.1, 0.15) is 5.03 Å². The maximum atomic E-state index is 4.18. The lowest BCUT2D eigenvalue weighted by molar-refractivity contribution is 0.707. The summed E-state index contributed by atoms with van der Waals surface area (Å²) in [6.45, 7) is 4.26. The summed E-state index contributed by atoms with van der Waals surface area (Å²) in [5.74, 6) is 1.10. The number of hydrogen-bond acceptors (Lipinski definition) is 4. The van der Waals surface area contributed by atoms with Gasteiger partial charge in [-0.25, -0.2) is 4.98 Å². The van der Waals surface area contributed by atoms with E-state index in [4.69, 9.17) is 0 Å². The van der Waals surface area contributed by atoms with Crippen molar-refractivity contribution in [2.45, 2.75) is 18.4 Å². The van der Waals surface area contributed by atoms with Crippen LogP contribution >= 0.6 is 11.8 Å². The predicted octanol–water partition coefficient (Wildman–Crippen LogP) is 1.57. The average molecular weight is 197 g/mol. The molecule has 1 aromatic rings. The van der Waals surface area contributed by atoms with Crippen LogP contribution in [0.5, 0.6) is 0 Å². The Labute approximate surface area is 83.4 Å². The lowest BCUT2D eigenvalue weighted by Crippen LogP contribution is -2.14. The van der Waals surface area contributed by atoms with Crippen LogP contribution in [0.1, 0.15) is 13.3 Å². The van der Waals surface area contributed by atoms with E-state index >= 15 is 0 Å². The number of aromatic nitrogens is 2. The van der Waals surface area contributed by atoms with E-state index in [1.165, 1.54) is 6.42 Å². The van der Waals surface area contributed by atoms with Gasteiger partial charge in [-0.3, -0.25) is 4.98 Å². The van der Waals surface area contributed by atoms with Crippen LogP contribution in [0, 0.1) is 0 Å². The molecule has 0 aliphatic carbocycles. The first-order chi connectivity index (χ1) is 6.43. The Morgan fingerprint density at radius 2 is 2.38 bits per heavy atom. The maximum Gasteiger partial charge on any atom is 0.114 e. The van der Waals surface area contributed by atoms with Crippen LogP contribution in [0.25, 0.3) is 0 Å². The van der Waals surface area contributed by atoms with E-state index < -0.39 is 0 Å². The largest absolute Gasteiger partial charge is 0.317 e. The molecule has 1 N–H and O–H groups in total. The summed E-state index contributed by atoms with van der Waals surface area (Å²) in [5, 5.41) is 4.30. The molecule has 72 valence electrons. The molecule has 0 amide bonds. The van der Waals surface area contributed by atoms with Gasteiger partial charge in [0.25, 0.3) is 0 Å². The Bertz CT molecular complexity index is 215. The Morgan fingerprint density at radius 1 is 1.46 bits per heavy atom. The van der Waals surface area contributed by atoms with Crippen molar-refractivity contribution in [3.63, 3.8) is 0 Å². The maximum absolute atomic E-state index is 4.18. The minimum absolute atomic E-state index is 1.01. The summed E-state index contributed by atoms with van der Waals surface area (Å²) in [7, 11) is 0. The summed E-state index contributed by atoms with van der Waals surface area (Å²) in [4.78, 5) is 8.18. The van der Waals surface area contributed by atoms with Crippen LogP contribution in [0.4, 0.5) is 0 Å². The van der Waals surface area contributed by atoms with Crippen LogP contribution in [0.2, 0.25) is 0 Å². The molecule has 0 atom stereocenters. The first kappa shape index (κ1) is 10.5. The van der Waals surface area contributed by atoms with Gasteiger partial charge in [-0.1, -0.05) is 6.92 Å². The third-order valence-electron chi connectivity index (χ3n) is 1.54.